The van der Waals surface area contributed by atoms with Gasteiger partial charge in [-0.1, -0.05) is 51.9 Å². The molecule has 0 aromatic heterocycles. The summed E-state index contributed by atoms with van der Waals surface area (Å²) in [5.74, 6) is 0. The molecule has 0 spiro atoms. The Labute approximate surface area is 100 Å². The van der Waals surface area contributed by atoms with E-state index in [4.69, 9.17) is 0 Å². The molecule has 1 atom stereocenters. The summed E-state index contributed by atoms with van der Waals surface area (Å²) in [5, 5.41) is 9.35. The molecule has 1 N–H and O–H groups in total. The van der Waals surface area contributed by atoms with Crippen molar-refractivity contribution in [2.45, 2.75) is 83.7 Å². The third kappa shape index (κ3) is 11.7. The number of rotatable bonds is 12. The first-order valence-corrected chi connectivity index (χ1v) is 6.93. The number of aldehydes is 1. The van der Waals surface area contributed by atoms with Gasteiger partial charge in [0.25, 0.3) is 0 Å². The Kier molecular flexibility index (Phi) is 12.4. The third-order valence-electron chi connectivity index (χ3n) is 3.08. The summed E-state index contributed by atoms with van der Waals surface area (Å²) in [6, 6.07) is 0. The van der Waals surface area contributed by atoms with Gasteiger partial charge < -0.3 is 9.90 Å². The molecule has 0 aliphatic rings. The molecule has 0 aromatic rings. The maximum Gasteiger partial charge on any atom is 0.119 e. The van der Waals surface area contributed by atoms with Gasteiger partial charge >= 0.3 is 0 Å². The second-order valence-corrected chi connectivity index (χ2v) is 4.63. The van der Waals surface area contributed by atoms with Crippen molar-refractivity contribution in [2.24, 2.45) is 0 Å². The molecule has 2 nitrogen and oxygen atoms in total. The van der Waals surface area contributed by atoms with E-state index in [0.29, 0.717) is 0 Å². The Morgan fingerprint density at radius 2 is 1.44 bits per heavy atom. The van der Waals surface area contributed by atoms with Crippen LogP contribution < -0.4 is 0 Å². The van der Waals surface area contributed by atoms with Crippen molar-refractivity contribution >= 4 is 6.29 Å². The number of aliphatic hydroxyl groups is 1. The molecule has 0 saturated carbocycles. The van der Waals surface area contributed by atoms with Gasteiger partial charge in [0.2, 0.25) is 0 Å². The van der Waals surface area contributed by atoms with Crippen LogP contribution in [0.5, 0.6) is 0 Å². The van der Waals surface area contributed by atoms with Crippen molar-refractivity contribution in [1.29, 1.82) is 0 Å². The van der Waals surface area contributed by atoms with Crippen molar-refractivity contribution in [2.75, 3.05) is 0 Å². The molecule has 0 bridgehead atoms. The number of hydrogen-bond donors (Lipinski definition) is 1. The summed E-state index contributed by atoms with van der Waals surface area (Å²) in [6.07, 6.45) is 13.4. The van der Waals surface area contributed by atoms with E-state index in [-0.39, 0.29) is 6.10 Å². The first-order valence-electron chi connectivity index (χ1n) is 6.93. The van der Waals surface area contributed by atoms with Crippen LogP contribution in [0, 0.1) is 0 Å². The molecule has 0 aliphatic heterocycles. The van der Waals surface area contributed by atoms with Gasteiger partial charge in [0, 0.05) is 6.42 Å². The summed E-state index contributed by atoms with van der Waals surface area (Å²) in [4.78, 5) is 10.1. The zero-order valence-electron chi connectivity index (χ0n) is 10.8. The average molecular weight is 228 g/mol. The van der Waals surface area contributed by atoms with Crippen molar-refractivity contribution in [3.63, 3.8) is 0 Å². The second kappa shape index (κ2) is 12.7. The van der Waals surface area contributed by atoms with Crippen LogP contribution in [-0.4, -0.2) is 17.5 Å². The summed E-state index contributed by atoms with van der Waals surface area (Å²) in [7, 11) is 0. The molecule has 0 fully saturated rings. The Morgan fingerprint density at radius 1 is 0.938 bits per heavy atom. The Balaban J connectivity index is 2.96. The largest absolute Gasteiger partial charge is 0.393 e. The van der Waals surface area contributed by atoms with Gasteiger partial charge in [-0.15, -0.1) is 0 Å². The molecule has 0 rings (SSSR count). The summed E-state index contributed by atoms with van der Waals surface area (Å²) in [5.41, 5.74) is 0. The Morgan fingerprint density at radius 3 is 1.94 bits per heavy atom. The van der Waals surface area contributed by atoms with Crippen molar-refractivity contribution < 1.29 is 9.90 Å². The lowest BCUT2D eigenvalue weighted by atomic mass is 10.0. The van der Waals surface area contributed by atoms with Gasteiger partial charge in [0.15, 0.2) is 0 Å². The monoisotopic (exact) mass is 228 g/mol. The topological polar surface area (TPSA) is 37.3 Å². The van der Waals surface area contributed by atoms with Gasteiger partial charge in [-0.3, -0.25) is 0 Å². The summed E-state index contributed by atoms with van der Waals surface area (Å²) >= 11 is 0. The molecule has 0 aromatic carbocycles. The lowest BCUT2D eigenvalue weighted by molar-refractivity contribution is -0.107. The lowest BCUT2D eigenvalue weighted by Gasteiger charge is -2.06. The lowest BCUT2D eigenvalue weighted by Crippen LogP contribution is -2.03. The summed E-state index contributed by atoms with van der Waals surface area (Å²) < 4.78 is 0. The van der Waals surface area contributed by atoms with Gasteiger partial charge in [-0.05, 0) is 19.3 Å². The predicted molar refractivity (Wildman–Crippen MR) is 68.5 cm³/mol. The normalized spacial score (nSPS) is 12.6. The van der Waals surface area contributed by atoms with Crippen LogP contribution >= 0.6 is 0 Å². The van der Waals surface area contributed by atoms with E-state index in [1.165, 1.54) is 44.9 Å². The highest BCUT2D eigenvalue weighted by atomic mass is 16.3. The van der Waals surface area contributed by atoms with E-state index in [2.05, 4.69) is 0 Å². The van der Waals surface area contributed by atoms with Crippen LogP contribution in [0.3, 0.4) is 0 Å². The zero-order valence-corrected chi connectivity index (χ0v) is 10.8. The molecular weight excluding hydrogens is 200 g/mol. The summed E-state index contributed by atoms with van der Waals surface area (Å²) in [6.45, 7) is 2.03. The Bertz CT molecular complexity index is 146. The van der Waals surface area contributed by atoms with E-state index < -0.39 is 0 Å². The molecule has 0 heterocycles. The molecule has 16 heavy (non-hydrogen) atoms. The number of carbonyl (C=O) groups is 1. The molecule has 1 unspecified atom stereocenters. The molecule has 0 saturated heterocycles. The smallest absolute Gasteiger partial charge is 0.119 e. The molecule has 96 valence electrons. The van der Waals surface area contributed by atoms with Crippen molar-refractivity contribution in [3.05, 3.63) is 0 Å². The van der Waals surface area contributed by atoms with Gasteiger partial charge in [-0.25, -0.2) is 0 Å². The fourth-order valence-corrected chi connectivity index (χ4v) is 1.87. The van der Waals surface area contributed by atoms with Gasteiger partial charge in [0.05, 0.1) is 6.10 Å². The maximum absolute atomic E-state index is 10.1. The van der Waals surface area contributed by atoms with Crippen LogP contribution in [0.2, 0.25) is 0 Å². The Hall–Kier alpha value is -0.370. The predicted octanol–water partition coefficient (Wildman–Crippen LogP) is 3.86. The standard InChI is InChI=1S/C14H28O2/c1-2-14(16)12-10-8-6-4-3-5-7-9-11-13-15/h13-14,16H,2-12H2,1H3. The molecular formula is C14H28O2. The highest BCUT2D eigenvalue weighted by Gasteiger charge is 1.99. The quantitative estimate of drug-likeness (QED) is 0.407. The first kappa shape index (κ1) is 15.6. The second-order valence-electron chi connectivity index (χ2n) is 4.63. The highest BCUT2D eigenvalue weighted by Crippen LogP contribution is 2.11. The van der Waals surface area contributed by atoms with Crippen molar-refractivity contribution in [3.8, 4) is 0 Å². The molecule has 0 amide bonds. The maximum atomic E-state index is 10.1. The number of carbonyl (C=O) groups excluding carboxylic acids is 1. The fourth-order valence-electron chi connectivity index (χ4n) is 1.87. The van der Waals surface area contributed by atoms with Crippen LogP contribution in [0.15, 0.2) is 0 Å². The number of aliphatic hydroxyl groups excluding tert-OH is 1. The number of hydrogen-bond acceptors (Lipinski definition) is 2. The van der Waals surface area contributed by atoms with E-state index in [1.54, 1.807) is 0 Å². The van der Waals surface area contributed by atoms with Crippen LogP contribution in [0.25, 0.3) is 0 Å². The van der Waals surface area contributed by atoms with E-state index in [0.717, 1.165) is 32.0 Å². The average Bonchev–Trinajstić information content (AvgIpc) is 2.31. The van der Waals surface area contributed by atoms with Crippen LogP contribution in [-0.2, 0) is 4.79 Å². The van der Waals surface area contributed by atoms with Crippen LogP contribution in [0.1, 0.15) is 77.6 Å². The van der Waals surface area contributed by atoms with E-state index >= 15 is 0 Å². The zero-order chi connectivity index (χ0) is 12.1. The minimum atomic E-state index is -0.0802. The SMILES string of the molecule is CCC(O)CCCCCCCCCCC=O. The van der Waals surface area contributed by atoms with Gasteiger partial charge in [0.1, 0.15) is 6.29 Å². The van der Waals surface area contributed by atoms with Crippen LogP contribution in [0.4, 0.5) is 0 Å². The van der Waals surface area contributed by atoms with E-state index in [9.17, 15) is 9.90 Å². The van der Waals surface area contributed by atoms with E-state index in [1.807, 2.05) is 6.92 Å². The molecule has 0 radical (unpaired) electrons. The first-order chi connectivity index (χ1) is 7.81. The molecule has 0 aliphatic carbocycles. The fraction of sp³-hybridized carbons (Fsp3) is 0.929. The minimum absolute atomic E-state index is 0.0802. The third-order valence-corrected chi connectivity index (χ3v) is 3.08. The highest BCUT2D eigenvalue weighted by molar-refractivity contribution is 5.48. The van der Waals surface area contributed by atoms with Gasteiger partial charge in [-0.2, -0.15) is 0 Å². The van der Waals surface area contributed by atoms with Crippen molar-refractivity contribution in [1.82, 2.24) is 0 Å². The number of unbranched alkanes of at least 4 members (excludes halogenated alkanes) is 8. The minimum Gasteiger partial charge on any atom is -0.393 e. The molecule has 2 heteroatoms.